The molecule has 0 saturated carbocycles. The molecule has 1 amide bonds. The molecule has 2 rings (SSSR count). The SMILES string of the molecule is COc1cc(/C=C/C(=O)OCC(=O)Nc2ccc(F)c(F)c2)ccc1OC(F)F. The van der Waals surface area contributed by atoms with Gasteiger partial charge in [0.25, 0.3) is 5.91 Å². The van der Waals surface area contributed by atoms with E-state index in [0.717, 1.165) is 24.3 Å². The van der Waals surface area contributed by atoms with Gasteiger partial charge in [0.2, 0.25) is 0 Å². The van der Waals surface area contributed by atoms with Gasteiger partial charge in [-0.1, -0.05) is 6.07 Å². The van der Waals surface area contributed by atoms with E-state index in [1.165, 1.54) is 31.4 Å². The van der Waals surface area contributed by atoms with Crippen molar-refractivity contribution in [1.82, 2.24) is 0 Å². The van der Waals surface area contributed by atoms with E-state index in [9.17, 15) is 27.2 Å². The molecule has 0 saturated heterocycles. The van der Waals surface area contributed by atoms with E-state index >= 15 is 0 Å². The number of anilines is 1. The molecule has 0 bridgehead atoms. The summed E-state index contributed by atoms with van der Waals surface area (Å²) in [6, 6.07) is 6.77. The molecule has 0 unspecified atom stereocenters. The summed E-state index contributed by atoms with van der Waals surface area (Å²) in [7, 11) is 1.26. The molecule has 0 aliphatic carbocycles. The van der Waals surface area contributed by atoms with Crippen molar-refractivity contribution in [3.05, 3.63) is 59.7 Å². The summed E-state index contributed by atoms with van der Waals surface area (Å²) in [6.45, 7) is -3.68. The molecule has 10 heteroatoms. The average Bonchev–Trinajstić information content (AvgIpc) is 2.68. The maximum Gasteiger partial charge on any atom is 0.387 e. The highest BCUT2D eigenvalue weighted by Gasteiger charge is 2.11. The second kappa shape index (κ2) is 10.1. The predicted octanol–water partition coefficient (Wildman–Crippen LogP) is 3.77. The van der Waals surface area contributed by atoms with Crippen LogP contribution in [-0.4, -0.2) is 32.2 Å². The number of alkyl halides is 2. The molecule has 0 heterocycles. The van der Waals surface area contributed by atoms with Gasteiger partial charge in [0.1, 0.15) is 0 Å². The highest BCUT2D eigenvalue weighted by atomic mass is 19.3. The predicted molar refractivity (Wildman–Crippen MR) is 94.6 cm³/mol. The minimum Gasteiger partial charge on any atom is -0.493 e. The number of methoxy groups -OCH3 is 1. The molecule has 0 aliphatic rings. The second-order valence-corrected chi connectivity index (χ2v) is 5.41. The number of benzene rings is 2. The van der Waals surface area contributed by atoms with Crippen LogP contribution in [0, 0.1) is 11.6 Å². The Morgan fingerprint density at radius 3 is 2.48 bits per heavy atom. The van der Waals surface area contributed by atoms with Crippen molar-refractivity contribution in [2.24, 2.45) is 0 Å². The lowest BCUT2D eigenvalue weighted by molar-refractivity contribution is -0.142. The standard InChI is InChI=1S/C19H15F4NO5/c1-27-16-8-11(2-6-15(16)29-19(22)23)3-7-18(26)28-10-17(25)24-12-4-5-13(20)14(21)9-12/h2-9,19H,10H2,1H3,(H,24,25)/b7-3+. The average molecular weight is 413 g/mol. The number of hydrogen-bond donors (Lipinski definition) is 1. The van der Waals surface area contributed by atoms with Crippen molar-refractivity contribution >= 4 is 23.6 Å². The van der Waals surface area contributed by atoms with Gasteiger partial charge in [-0.3, -0.25) is 4.79 Å². The number of carbonyl (C=O) groups is 2. The monoisotopic (exact) mass is 413 g/mol. The summed E-state index contributed by atoms with van der Waals surface area (Å²) in [5.74, 6) is -3.96. The van der Waals surface area contributed by atoms with Gasteiger partial charge in [0.05, 0.1) is 7.11 Å². The number of halogens is 4. The molecule has 0 fully saturated rings. The zero-order chi connectivity index (χ0) is 21.4. The number of carbonyl (C=O) groups excluding carboxylic acids is 2. The van der Waals surface area contributed by atoms with Crippen LogP contribution in [-0.2, 0) is 14.3 Å². The van der Waals surface area contributed by atoms with Crippen molar-refractivity contribution in [2.75, 3.05) is 19.0 Å². The minimum atomic E-state index is -3.02. The first-order valence-corrected chi connectivity index (χ1v) is 8.01. The number of hydrogen-bond acceptors (Lipinski definition) is 5. The van der Waals surface area contributed by atoms with Crippen LogP contribution in [0.25, 0.3) is 6.08 Å². The lowest BCUT2D eigenvalue weighted by atomic mass is 10.2. The van der Waals surface area contributed by atoms with Gasteiger partial charge in [0.15, 0.2) is 29.7 Å². The van der Waals surface area contributed by atoms with E-state index in [1.54, 1.807) is 0 Å². The minimum absolute atomic E-state index is 0.00121. The molecule has 0 spiro atoms. The highest BCUT2D eigenvalue weighted by Crippen LogP contribution is 2.29. The lowest BCUT2D eigenvalue weighted by Gasteiger charge is -2.10. The maximum absolute atomic E-state index is 13.1. The van der Waals surface area contributed by atoms with Gasteiger partial charge >= 0.3 is 12.6 Å². The van der Waals surface area contributed by atoms with Crippen LogP contribution in [0.4, 0.5) is 23.2 Å². The summed E-state index contributed by atoms with van der Waals surface area (Å²) in [4.78, 5) is 23.4. The van der Waals surface area contributed by atoms with Crippen LogP contribution in [0.5, 0.6) is 11.5 Å². The molecule has 0 radical (unpaired) electrons. The molecule has 0 atom stereocenters. The van der Waals surface area contributed by atoms with Gasteiger partial charge in [0, 0.05) is 17.8 Å². The summed E-state index contributed by atoms with van der Waals surface area (Å²) in [5.41, 5.74) is 0.422. The fourth-order valence-corrected chi connectivity index (χ4v) is 2.10. The zero-order valence-electron chi connectivity index (χ0n) is 15.0. The van der Waals surface area contributed by atoms with Crippen LogP contribution in [0.15, 0.2) is 42.5 Å². The van der Waals surface area contributed by atoms with Crippen molar-refractivity contribution in [2.45, 2.75) is 6.61 Å². The molecule has 29 heavy (non-hydrogen) atoms. The maximum atomic E-state index is 13.1. The lowest BCUT2D eigenvalue weighted by Crippen LogP contribution is -2.20. The first kappa shape index (κ1) is 21.7. The van der Waals surface area contributed by atoms with Crippen LogP contribution in [0.3, 0.4) is 0 Å². The van der Waals surface area contributed by atoms with Gasteiger partial charge in [-0.25, -0.2) is 13.6 Å². The molecule has 0 aromatic heterocycles. The van der Waals surface area contributed by atoms with Crippen molar-refractivity contribution in [1.29, 1.82) is 0 Å². The van der Waals surface area contributed by atoms with E-state index in [0.29, 0.717) is 5.56 Å². The Bertz CT molecular complexity index is 917. The van der Waals surface area contributed by atoms with Crippen LogP contribution in [0.1, 0.15) is 5.56 Å². The Balaban J connectivity index is 1.88. The Kier molecular flexibility index (Phi) is 7.58. The van der Waals surface area contributed by atoms with Gasteiger partial charge in [-0.15, -0.1) is 0 Å². The smallest absolute Gasteiger partial charge is 0.387 e. The number of rotatable bonds is 8. The van der Waals surface area contributed by atoms with Gasteiger partial charge in [-0.2, -0.15) is 8.78 Å². The Labute approximate surface area is 162 Å². The molecule has 2 aromatic rings. The Morgan fingerprint density at radius 2 is 1.83 bits per heavy atom. The third kappa shape index (κ3) is 6.83. The van der Waals surface area contributed by atoms with E-state index in [4.69, 9.17) is 9.47 Å². The first-order valence-electron chi connectivity index (χ1n) is 8.01. The summed E-state index contributed by atoms with van der Waals surface area (Å²) < 4.78 is 64.4. The first-order chi connectivity index (χ1) is 13.8. The van der Waals surface area contributed by atoms with Crippen molar-refractivity contribution in [3.8, 4) is 11.5 Å². The largest absolute Gasteiger partial charge is 0.493 e. The molecular weight excluding hydrogens is 398 g/mol. The van der Waals surface area contributed by atoms with E-state index in [-0.39, 0.29) is 17.2 Å². The number of esters is 1. The molecule has 1 N–H and O–H groups in total. The van der Waals surface area contributed by atoms with Gasteiger partial charge < -0.3 is 19.5 Å². The quantitative estimate of drug-likeness (QED) is 0.405. The molecular formula is C19H15F4NO5. The van der Waals surface area contributed by atoms with E-state index in [2.05, 4.69) is 10.1 Å². The summed E-state index contributed by atoms with van der Waals surface area (Å²) in [6.07, 6.45) is 2.32. The Morgan fingerprint density at radius 1 is 1.07 bits per heavy atom. The third-order valence-corrected chi connectivity index (χ3v) is 3.36. The molecule has 6 nitrogen and oxygen atoms in total. The van der Waals surface area contributed by atoms with Crippen LogP contribution in [0.2, 0.25) is 0 Å². The van der Waals surface area contributed by atoms with Crippen molar-refractivity contribution < 1.29 is 41.4 Å². The number of nitrogens with one attached hydrogen (secondary N) is 1. The summed E-state index contributed by atoms with van der Waals surface area (Å²) in [5, 5.41) is 2.24. The second-order valence-electron chi connectivity index (χ2n) is 5.41. The highest BCUT2D eigenvalue weighted by molar-refractivity contribution is 5.94. The molecule has 2 aromatic carbocycles. The number of amides is 1. The third-order valence-electron chi connectivity index (χ3n) is 3.36. The Hall–Kier alpha value is -3.56. The fraction of sp³-hybridized carbons (Fsp3) is 0.158. The van der Waals surface area contributed by atoms with Crippen molar-refractivity contribution in [3.63, 3.8) is 0 Å². The fourth-order valence-electron chi connectivity index (χ4n) is 2.10. The van der Waals surface area contributed by atoms with E-state index < -0.39 is 36.7 Å². The normalized spacial score (nSPS) is 10.8. The topological polar surface area (TPSA) is 73.9 Å². The number of ether oxygens (including phenoxy) is 3. The van der Waals surface area contributed by atoms with E-state index in [1.807, 2.05) is 0 Å². The molecule has 154 valence electrons. The van der Waals surface area contributed by atoms with Crippen LogP contribution >= 0.6 is 0 Å². The zero-order valence-corrected chi connectivity index (χ0v) is 15.0. The summed E-state index contributed by atoms with van der Waals surface area (Å²) >= 11 is 0. The molecule has 0 aliphatic heterocycles. The van der Waals surface area contributed by atoms with Crippen LogP contribution < -0.4 is 14.8 Å². The van der Waals surface area contributed by atoms with Gasteiger partial charge in [-0.05, 0) is 35.9 Å².